The van der Waals surface area contributed by atoms with Gasteiger partial charge in [-0.2, -0.15) is 5.01 Å². The number of hydrogen-bond donors (Lipinski definition) is 2. The van der Waals surface area contributed by atoms with E-state index in [1.165, 1.54) is 24.3 Å². The number of ether oxygens (including phenoxy) is 1. The fraction of sp³-hybridized carbons (Fsp3) is 0.387. The van der Waals surface area contributed by atoms with Crippen LogP contribution in [0.25, 0.3) is 6.08 Å². The van der Waals surface area contributed by atoms with Gasteiger partial charge in [0.25, 0.3) is 11.8 Å². The average molecular weight is 590 g/mol. The van der Waals surface area contributed by atoms with Gasteiger partial charge in [-0.3, -0.25) is 19.8 Å². The third-order valence-corrected chi connectivity index (χ3v) is 9.94. The summed E-state index contributed by atoms with van der Waals surface area (Å²) in [5, 5.41) is 3.89. The van der Waals surface area contributed by atoms with Gasteiger partial charge < -0.3 is 10.1 Å². The number of thioether (sulfide) groups is 1. The predicted molar refractivity (Wildman–Crippen MR) is 160 cm³/mol. The molecule has 1 aliphatic heterocycles. The lowest BCUT2D eigenvalue weighted by Crippen LogP contribution is -2.57. The smallest absolute Gasteiger partial charge is 0.338 e. The van der Waals surface area contributed by atoms with Gasteiger partial charge in [0.2, 0.25) is 5.91 Å². The molecule has 0 spiro atoms. The van der Waals surface area contributed by atoms with Crippen molar-refractivity contribution in [1.29, 1.82) is 0 Å². The molecule has 5 aliphatic rings. The molecule has 0 radical (unpaired) electrons. The van der Waals surface area contributed by atoms with Crippen molar-refractivity contribution in [3.63, 3.8) is 0 Å². The van der Waals surface area contributed by atoms with E-state index < -0.39 is 18.5 Å². The van der Waals surface area contributed by atoms with Crippen LogP contribution < -0.4 is 10.7 Å². The number of nitrogens with one attached hydrogen (secondary N) is 2. The molecule has 4 bridgehead atoms. The van der Waals surface area contributed by atoms with E-state index in [2.05, 4.69) is 10.7 Å². The number of aryl methyl sites for hydroxylation is 1. The number of benzene rings is 2. The van der Waals surface area contributed by atoms with Crippen LogP contribution in [-0.4, -0.2) is 39.6 Å². The Labute approximate surface area is 248 Å². The molecule has 7 rings (SSSR count). The second-order valence-corrected chi connectivity index (χ2v) is 13.4. The van der Waals surface area contributed by atoms with Crippen molar-refractivity contribution < 1.29 is 23.9 Å². The molecule has 3 amide bonds. The van der Waals surface area contributed by atoms with Crippen molar-refractivity contribution in [2.24, 2.45) is 23.2 Å². The van der Waals surface area contributed by atoms with Crippen molar-refractivity contribution in [1.82, 2.24) is 10.4 Å². The van der Waals surface area contributed by atoms with Crippen LogP contribution in [0.4, 0.5) is 5.69 Å². The van der Waals surface area contributed by atoms with Crippen molar-refractivity contribution >= 4 is 63.8 Å². The summed E-state index contributed by atoms with van der Waals surface area (Å²) >= 11 is 6.58. The molecule has 2 aromatic carbocycles. The molecule has 4 aliphatic carbocycles. The monoisotopic (exact) mass is 589 g/mol. The zero-order chi connectivity index (χ0) is 28.7. The SMILES string of the molecule is Cc1ccc(NC(=O)COC(=O)c2ccc(/C=C3\SC(=S)N(NC(=O)C45CC6CC(CC(C6)C4)C5)C3=O)cc2)cc1. The van der Waals surface area contributed by atoms with Gasteiger partial charge in [0, 0.05) is 5.69 Å². The lowest BCUT2D eigenvalue weighted by molar-refractivity contribution is -0.152. The lowest BCUT2D eigenvalue weighted by Gasteiger charge is -2.55. The van der Waals surface area contributed by atoms with Crippen molar-refractivity contribution in [3.8, 4) is 0 Å². The number of amides is 3. The third-order valence-electron chi connectivity index (χ3n) is 8.64. The average Bonchev–Trinajstić information content (AvgIpc) is 3.20. The van der Waals surface area contributed by atoms with E-state index in [0.29, 0.717) is 38.2 Å². The van der Waals surface area contributed by atoms with Crippen LogP contribution in [0.1, 0.15) is 60.0 Å². The largest absolute Gasteiger partial charge is 0.452 e. The molecule has 2 N–H and O–H groups in total. The van der Waals surface area contributed by atoms with Crippen LogP contribution in [0, 0.1) is 30.1 Å². The molecule has 1 saturated heterocycles. The number of thiocarbonyl (C=S) groups is 1. The Kier molecular flexibility index (Phi) is 7.46. The first-order valence-corrected chi connectivity index (χ1v) is 15.1. The lowest BCUT2D eigenvalue weighted by atomic mass is 9.49. The summed E-state index contributed by atoms with van der Waals surface area (Å²) in [6, 6.07) is 13.8. The van der Waals surface area contributed by atoms with E-state index in [-0.39, 0.29) is 22.8 Å². The fourth-order valence-corrected chi connectivity index (χ4v) is 8.27. The summed E-state index contributed by atoms with van der Waals surface area (Å²) in [6.07, 6.45) is 8.09. The maximum absolute atomic E-state index is 13.4. The first-order chi connectivity index (χ1) is 19.7. The Balaban J connectivity index is 1.04. The molecule has 2 aromatic rings. The molecule has 41 heavy (non-hydrogen) atoms. The minimum Gasteiger partial charge on any atom is -0.452 e. The number of hydrazine groups is 1. The van der Waals surface area contributed by atoms with Gasteiger partial charge in [-0.15, -0.1) is 0 Å². The van der Waals surface area contributed by atoms with Gasteiger partial charge in [0.1, 0.15) is 0 Å². The molecular weight excluding hydrogens is 558 g/mol. The van der Waals surface area contributed by atoms with Crippen molar-refractivity contribution in [3.05, 3.63) is 70.1 Å². The summed E-state index contributed by atoms with van der Waals surface area (Å²) in [6.45, 7) is 1.54. The summed E-state index contributed by atoms with van der Waals surface area (Å²) in [5.74, 6) is 0.355. The summed E-state index contributed by atoms with van der Waals surface area (Å²) in [7, 11) is 0. The first-order valence-electron chi connectivity index (χ1n) is 13.9. The minimum atomic E-state index is -0.630. The number of anilines is 1. The van der Waals surface area contributed by atoms with E-state index in [1.54, 1.807) is 42.5 Å². The molecule has 10 heteroatoms. The summed E-state index contributed by atoms with van der Waals surface area (Å²) < 4.78 is 5.43. The molecular formula is C31H31N3O5S2. The highest BCUT2D eigenvalue weighted by Crippen LogP contribution is 2.60. The molecule has 4 saturated carbocycles. The highest BCUT2D eigenvalue weighted by atomic mass is 32.2. The van der Waals surface area contributed by atoms with Crippen LogP contribution >= 0.6 is 24.0 Å². The molecule has 1 heterocycles. The zero-order valence-corrected chi connectivity index (χ0v) is 24.3. The Morgan fingerprint density at radius 3 is 2.22 bits per heavy atom. The zero-order valence-electron chi connectivity index (χ0n) is 22.7. The van der Waals surface area contributed by atoms with E-state index in [1.807, 2.05) is 19.1 Å². The number of rotatable bonds is 7. The van der Waals surface area contributed by atoms with E-state index in [4.69, 9.17) is 17.0 Å². The second-order valence-electron chi connectivity index (χ2n) is 11.8. The quantitative estimate of drug-likeness (QED) is 0.259. The summed E-state index contributed by atoms with van der Waals surface area (Å²) in [4.78, 5) is 51.6. The van der Waals surface area contributed by atoms with Gasteiger partial charge in [-0.05, 0) is 111 Å². The van der Waals surface area contributed by atoms with Crippen molar-refractivity contribution in [2.75, 3.05) is 11.9 Å². The van der Waals surface area contributed by atoms with E-state index in [0.717, 1.165) is 36.6 Å². The second kappa shape index (κ2) is 11.1. The number of esters is 1. The van der Waals surface area contributed by atoms with Crippen LogP contribution in [-0.2, 0) is 19.1 Å². The predicted octanol–water partition coefficient (Wildman–Crippen LogP) is 5.24. The molecule has 0 atom stereocenters. The van der Waals surface area contributed by atoms with E-state index in [9.17, 15) is 19.2 Å². The minimum absolute atomic E-state index is 0.0791. The molecule has 8 nitrogen and oxygen atoms in total. The maximum atomic E-state index is 13.4. The number of hydrogen-bond acceptors (Lipinski definition) is 7. The van der Waals surface area contributed by atoms with Crippen LogP contribution in [0.5, 0.6) is 0 Å². The van der Waals surface area contributed by atoms with Crippen LogP contribution in [0.15, 0.2) is 53.4 Å². The van der Waals surface area contributed by atoms with Gasteiger partial charge in [0.05, 0.1) is 15.9 Å². The third kappa shape index (κ3) is 5.81. The number of carbonyl (C=O) groups is 4. The topological polar surface area (TPSA) is 105 Å². The fourth-order valence-electron chi connectivity index (χ4n) is 7.09. The Bertz CT molecular complexity index is 1420. The standard InChI is InChI=1S/C31H31N3O5S2/c1-18-2-8-24(9-3-18)32-26(35)17-39-28(37)23-6-4-19(5-7-23)13-25-27(36)34(30(40)41-25)33-29(38)31-14-20-10-21(15-31)12-22(11-20)16-31/h2-9,13,20-22H,10-12,14-17H2,1H3,(H,32,35)(H,33,38)/b25-13-. The van der Waals surface area contributed by atoms with Crippen molar-refractivity contribution in [2.45, 2.75) is 45.4 Å². The number of carbonyl (C=O) groups excluding carboxylic acids is 4. The Morgan fingerprint density at radius 2 is 1.61 bits per heavy atom. The molecule has 212 valence electrons. The maximum Gasteiger partial charge on any atom is 0.338 e. The molecule has 0 aromatic heterocycles. The van der Waals surface area contributed by atoms with Gasteiger partial charge >= 0.3 is 5.97 Å². The molecule has 0 unspecified atom stereocenters. The van der Waals surface area contributed by atoms with Gasteiger partial charge in [0.15, 0.2) is 10.9 Å². The van der Waals surface area contributed by atoms with Gasteiger partial charge in [-0.25, -0.2) is 4.79 Å². The highest BCUT2D eigenvalue weighted by Gasteiger charge is 2.55. The number of nitrogens with zero attached hydrogens (tertiary/aromatic N) is 1. The van der Waals surface area contributed by atoms with E-state index >= 15 is 0 Å². The van der Waals surface area contributed by atoms with Crippen LogP contribution in [0.3, 0.4) is 0 Å². The Morgan fingerprint density at radius 1 is 1.00 bits per heavy atom. The highest BCUT2D eigenvalue weighted by molar-refractivity contribution is 8.26. The summed E-state index contributed by atoms with van der Waals surface area (Å²) in [5.41, 5.74) is 5.14. The molecule has 5 fully saturated rings. The first kappa shape index (κ1) is 27.7. The van der Waals surface area contributed by atoms with Gasteiger partial charge in [-0.1, -0.05) is 41.6 Å². The van der Waals surface area contributed by atoms with Crippen LogP contribution in [0.2, 0.25) is 0 Å². The normalized spacial score (nSPS) is 27.3. The Hall–Kier alpha value is -3.50.